The van der Waals surface area contributed by atoms with E-state index >= 15 is 0 Å². The van der Waals surface area contributed by atoms with Gasteiger partial charge in [-0.2, -0.15) is 0 Å². The molecule has 29 heavy (non-hydrogen) atoms. The van der Waals surface area contributed by atoms with E-state index in [1.807, 2.05) is 0 Å². The highest BCUT2D eigenvalue weighted by Gasteiger charge is 2.34. The summed E-state index contributed by atoms with van der Waals surface area (Å²) in [4.78, 5) is 12.5. The molecule has 0 bridgehead atoms. The molecule has 2 aliphatic rings. The molecule has 1 amide bonds. The number of fused-ring (bicyclic) bond motifs is 1. The van der Waals surface area contributed by atoms with Crippen molar-refractivity contribution in [2.75, 3.05) is 26.4 Å². The largest absolute Gasteiger partial charge is 0.491 e. The van der Waals surface area contributed by atoms with E-state index in [-0.39, 0.29) is 23.6 Å². The van der Waals surface area contributed by atoms with Gasteiger partial charge in [0.2, 0.25) is 5.91 Å². The van der Waals surface area contributed by atoms with Crippen LogP contribution in [0.4, 0.5) is 4.39 Å². The standard InChI is InChI=1S/C24H36FNO3/c1-17(2)22-10-9-21(25)16-23(22)29-14-13-28-12-11-26-24(27)20-8-7-18-5-3-4-6-19(18)15-20/h9-10,16-20H,3-8,11-15H2,1-2H3,(H,26,27). The number of hydrogen-bond donors (Lipinski definition) is 1. The molecule has 1 aromatic carbocycles. The Morgan fingerprint density at radius 3 is 2.69 bits per heavy atom. The highest BCUT2D eigenvalue weighted by molar-refractivity contribution is 5.78. The van der Waals surface area contributed by atoms with Crippen molar-refractivity contribution in [2.24, 2.45) is 17.8 Å². The number of halogens is 1. The normalized spacial score (nSPS) is 24.2. The minimum absolute atomic E-state index is 0.181. The van der Waals surface area contributed by atoms with Crippen molar-refractivity contribution >= 4 is 5.91 Å². The first-order chi connectivity index (χ1) is 14.0. The molecule has 0 spiro atoms. The predicted octanol–water partition coefficient (Wildman–Crippen LogP) is 5.07. The van der Waals surface area contributed by atoms with E-state index in [4.69, 9.17) is 9.47 Å². The number of nitrogens with one attached hydrogen (secondary N) is 1. The third-order valence-electron chi connectivity index (χ3n) is 6.54. The second kappa shape index (κ2) is 11.0. The average molecular weight is 406 g/mol. The van der Waals surface area contributed by atoms with Crippen molar-refractivity contribution in [3.05, 3.63) is 29.6 Å². The van der Waals surface area contributed by atoms with Crippen molar-refractivity contribution in [2.45, 2.75) is 64.7 Å². The van der Waals surface area contributed by atoms with Gasteiger partial charge in [-0.05, 0) is 48.6 Å². The van der Waals surface area contributed by atoms with Crippen LogP contribution in [0.15, 0.2) is 18.2 Å². The van der Waals surface area contributed by atoms with Crippen molar-refractivity contribution in [3.63, 3.8) is 0 Å². The fraction of sp³-hybridized carbons (Fsp3) is 0.708. The third-order valence-corrected chi connectivity index (χ3v) is 6.54. The Kier molecular flexibility index (Phi) is 8.34. The summed E-state index contributed by atoms with van der Waals surface area (Å²) in [7, 11) is 0. The van der Waals surface area contributed by atoms with E-state index in [0.29, 0.717) is 32.1 Å². The molecule has 0 aliphatic heterocycles. The molecule has 4 nitrogen and oxygen atoms in total. The minimum Gasteiger partial charge on any atom is -0.491 e. The molecule has 2 saturated carbocycles. The Hall–Kier alpha value is -1.62. The van der Waals surface area contributed by atoms with Crippen molar-refractivity contribution < 1.29 is 18.7 Å². The van der Waals surface area contributed by atoms with E-state index in [9.17, 15) is 9.18 Å². The van der Waals surface area contributed by atoms with Gasteiger partial charge in [0.25, 0.3) is 0 Å². The lowest BCUT2D eigenvalue weighted by molar-refractivity contribution is -0.127. The first-order valence-corrected chi connectivity index (χ1v) is 11.3. The lowest BCUT2D eigenvalue weighted by Crippen LogP contribution is -2.38. The van der Waals surface area contributed by atoms with Gasteiger partial charge in [-0.1, -0.05) is 45.6 Å². The van der Waals surface area contributed by atoms with Crippen LogP contribution in [0, 0.1) is 23.6 Å². The quantitative estimate of drug-likeness (QED) is 0.584. The highest BCUT2D eigenvalue weighted by atomic mass is 19.1. The van der Waals surface area contributed by atoms with Gasteiger partial charge >= 0.3 is 0 Å². The Morgan fingerprint density at radius 2 is 1.90 bits per heavy atom. The summed E-state index contributed by atoms with van der Waals surface area (Å²) >= 11 is 0. The first kappa shape index (κ1) is 22.1. The lowest BCUT2D eigenvalue weighted by Gasteiger charge is -2.38. The van der Waals surface area contributed by atoms with Gasteiger partial charge in [0.05, 0.1) is 13.2 Å². The first-order valence-electron chi connectivity index (χ1n) is 11.3. The summed E-state index contributed by atoms with van der Waals surface area (Å²) in [5.74, 6) is 2.55. The minimum atomic E-state index is -0.296. The third kappa shape index (κ3) is 6.43. The number of rotatable bonds is 9. The van der Waals surface area contributed by atoms with Gasteiger partial charge in [-0.25, -0.2) is 4.39 Å². The molecule has 0 heterocycles. The molecule has 3 unspecified atom stereocenters. The summed E-state index contributed by atoms with van der Waals surface area (Å²) < 4.78 is 24.7. The number of carbonyl (C=O) groups excluding carboxylic acids is 1. The lowest BCUT2D eigenvalue weighted by atomic mass is 9.67. The summed E-state index contributed by atoms with van der Waals surface area (Å²) in [6, 6.07) is 4.66. The predicted molar refractivity (Wildman–Crippen MR) is 113 cm³/mol. The second-order valence-electron chi connectivity index (χ2n) is 8.90. The van der Waals surface area contributed by atoms with Crippen LogP contribution in [0.5, 0.6) is 5.75 Å². The number of carbonyl (C=O) groups is 1. The number of hydrogen-bond acceptors (Lipinski definition) is 3. The molecular formula is C24H36FNO3. The van der Waals surface area contributed by atoms with Crippen molar-refractivity contribution in [1.29, 1.82) is 0 Å². The van der Waals surface area contributed by atoms with E-state index < -0.39 is 0 Å². The second-order valence-corrected chi connectivity index (χ2v) is 8.90. The van der Waals surface area contributed by atoms with Crippen LogP contribution in [-0.2, 0) is 9.53 Å². The molecule has 1 aromatic rings. The van der Waals surface area contributed by atoms with Crippen LogP contribution in [-0.4, -0.2) is 32.3 Å². The average Bonchev–Trinajstić information content (AvgIpc) is 2.72. The number of amides is 1. The SMILES string of the molecule is CC(C)c1ccc(F)cc1OCCOCCNC(=O)C1CCC2CCCCC2C1. The van der Waals surface area contributed by atoms with E-state index in [1.165, 1.54) is 44.2 Å². The Bertz CT molecular complexity index is 664. The zero-order chi connectivity index (χ0) is 20.6. The van der Waals surface area contributed by atoms with Crippen molar-refractivity contribution in [3.8, 4) is 5.75 Å². The number of ether oxygens (including phenoxy) is 2. The number of benzene rings is 1. The van der Waals surface area contributed by atoms with Crippen molar-refractivity contribution in [1.82, 2.24) is 5.32 Å². The molecule has 0 aromatic heterocycles. The molecular weight excluding hydrogens is 369 g/mol. The van der Waals surface area contributed by atoms with E-state index in [0.717, 1.165) is 30.2 Å². The maximum atomic E-state index is 13.5. The monoisotopic (exact) mass is 405 g/mol. The van der Waals surface area contributed by atoms with E-state index in [1.54, 1.807) is 6.07 Å². The summed E-state index contributed by atoms with van der Waals surface area (Å²) in [6.45, 7) is 5.88. The van der Waals surface area contributed by atoms with Crippen LogP contribution < -0.4 is 10.1 Å². The summed E-state index contributed by atoms with van der Waals surface area (Å²) in [5.41, 5.74) is 0.992. The Balaban J connectivity index is 1.29. The van der Waals surface area contributed by atoms with Crippen LogP contribution in [0.25, 0.3) is 0 Å². The molecule has 3 atom stereocenters. The summed E-state index contributed by atoms with van der Waals surface area (Å²) in [5, 5.41) is 3.03. The van der Waals surface area contributed by atoms with Crippen LogP contribution >= 0.6 is 0 Å². The zero-order valence-electron chi connectivity index (χ0n) is 17.9. The Labute approximate surface area is 174 Å². The fourth-order valence-corrected chi connectivity index (χ4v) is 4.93. The van der Waals surface area contributed by atoms with Gasteiger partial charge in [-0.15, -0.1) is 0 Å². The Morgan fingerprint density at radius 1 is 1.10 bits per heavy atom. The highest BCUT2D eigenvalue weighted by Crippen LogP contribution is 2.42. The molecule has 3 rings (SSSR count). The smallest absolute Gasteiger partial charge is 0.223 e. The van der Waals surface area contributed by atoms with Gasteiger partial charge in [0.15, 0.2) is 0 Å². The van der Waals surface area contributed by atoms with Gasteiger partial charge in [-0.3, -0.25) is 4.79 Å². The molecule has 162 valence electrons. The van der Waals surface area contributed by atoms with Crippen LogP contribution in [0.3, 0.4) is 0 Å². The molecule has 0 saturated heterocycles. The maximum absolute atomic E-state index is 13.5. The van der Waals surface area contributed by atoms with Crippen LogP contribution in [0.1, 0.15) is 70.3 Å². The van der Waals surface area contributed by atoms with Gasteiger partial charge < -0.3 is 14.8 Å². The fourth-order valence-electron chi connectivity index (χ4n) is 4.93. The zero-order valence-corrected chi connectivity index (χ0v) is 17.9. The van der Waals surface area contributed by atoms with Gasteiger partial charge in [0, 0.05) is 18.5 Å². The van der Waals surface area contributed by atoms with E-state index in [2.05, 4.69) is 19.2 Å². The molecule has 2 aliphatic carbocycles. The molecule has 1 N–H and O–H groups in total. The topological polar surface area (TPSA) is 47.6 Å². The van der Waals surface area contributed by atoms with Crippen LogP contribution in [0.2, 0.25) is 0 Å². The molecule has 2 fully saturated rings. The molecule has 0 radical (unpaired) electrons. The molecule has 5 heteroatoms. The van der Waals surface area contributed by atoms with Gasteiger partial charge in [0.1, 0.15) is 18.2 Å². The summed E-state index contributed by atoms with van der Waals surface area (Å²) in [6.07, 6.45) is 8.70. The maximum Gasteiger partial charge on any atom is 0.223 e.